The van der Waals surface area contributed by atoms with Gasteiger partial charge in [-0.15, -0.1) is 10.2 Å². The summed E-state index contributed by atoms with van der Waals surface area (Å²) in [5.74, 6) is 1.39. The Kier molecular flexibility index (Phi) is 11.9. The number of benzene rings is 2. The SMILES string of the molecule is [2H]C([2H])([2H])NC(=O)c1nnc(Nc2ccc(C(=O)NCCN3CCN(c4cc(N[C@@H]5CCCN(c6cccc(F)c6)C5)ncn4)CC3)cn2)cc1Nc1cccc(-c2ncn(C)n2)c1OC. The van der Waals surface area contributed by atoms with E-state index in [4.69, 9.17) is 8.85 Å². The number of amides is 2. The molecule has 1 atom stereocenters. The molecule has 2 amide bonds. The second kappa shape index (κ2) is 19.5. The second-order valence-corrected chi connectivity index (χ2v) is 15.0. The van der Waals surface area contributed by atoms with Crippen LogP contribution in [0.25, 0.3) is 11.4 Å². The number of piperidine rings is 1. The Morgan fingerprint density at radius 1 is 0.873 bits per heavy atom. The van der Waals surface area contributed by atoms with Crippen LogP contribution in [0.2, 0.25) is 0 Å². The highest BCUT2D eigenvalue weighted by Crippen LogP contribution is 2.37. The number of nitrogens with one attached hydrogen (secondary N) is 5. The number of carbonyl (C=O) groups is 2. The van der Waals surface area contributed by atoms with Crippen LogP contribution in [0.15, 0.2) is 85.6 Å². The van der Waals surface area contributed by atoms with Gasteiger partial charge in [-0.25, -0.2) is 24.3 Å². The fourth-order valence-corrected chi connectivity index (χ4v) is 7.59. The van der Waals surface area contributed by atoms with E-state index in [1.807, 2.05) is 17.4 Å². The molecule has 0 spiro atoms. The second-order valence-electron chi connectivity index (χ2n) is 15.0. The van der Waals surface area contributed by atoms with E-state index in [-0.39, 0.29) is 35.0 Å². The summed E-state index contributed by atoms with van der Waals surface area (Å²) < 4.78 is 43.7. The third kappa shape index (κ3) is 10.4. The quantitative estimate of drug-likeness (QED) is 0.0986. The van der Waals surface area contributed by atoms with Crippen LogP contribution < -0.4 is 41.1 Å². The molecule has 0 bridgehead atoms. The minimum absolute atomic E-state index is 0.110. The first-order valence-electron chi connectivity index (χ1n) is 22.0. The molecule has 63 heavy (non-hydrogen) atoms. The van der Waals surface area contributed by atoms with Gasteiger partial charge >= 0.3 is 0 Å². The lowest BCUT2D eigenvalue weighted by Crippen LogP contribution is -2.48. The molecule has 6 aromatic rings. The van der Waals surface area contributed by atoms with Crippen molar-refractivity contribution in [3.63, 3.8) is 0 Å². The van der Waals surface area contributed by atoms with Gasteiger partial charge in [0.2, 0.25) is 0 Å². The Morgan fingerprint density at radius 3 is 2.52 bits per heavy atom. The molecular formula is C43H49FN16O3. The molecule has 326 valence electrons. The van der Waals surface area contributed by atoms with Crippen LogP contribution in [0.1, 0.15) is 37.8 Å². The minimum Gasteiger partial charge on any atom is -0.494 e. The summed E-state index contributed by atoms with van der Waals surface area (Å²) in [6.07, 6.45) is 6.55. The Labute approximate surface area is 367 Å². The highest BCUT2D eigenvalue weighted by molar-refractivity contribution is 5.99. The van der Waals surface area contributed by atoms with E-state index >= 15 is 0 Å². The molecule has 2 aromatic carbocycles. The number of aromatic nitrogens is 8. The standard InChI is InChI=1S/C43H49FN16O3/c1-45-43(62)39-34(52-33-11-5-10-32(40(33)63-3)41-50-27-57(2)56-41)22-37(54-55-39)53-35-13-12-28(24-47-35)42(61)46-14-16-58-17-19-59(20-18-58)38-23-36(48-26-49-38)51-30-8-6-15-60(25-30)31-9-4-7-29(44)21-31/h4-5,7,9-13,21-24,26-27,30H,6,8,14-20,25H2,1-3H3,(H,45,62)(H,46,61)(H,48,49,51)(H2,47,52,53,54)/t30-/m1/s1/i1D3. The van der Waals surface area contributed by atoms with Crippen LogP contribution in [0, 0.1) is 5.82 Å². The van der Waals surface area contributed by atoms with Crippen molar-refractivity contribution in [2.75, 3.05) is 92.2 Å². The van der Waals surface area contributed by atoms with Crippen molar-refractivity contribution in [3.05, 3.63) is 103 Å². The van der Waals surface area contributed by atoms with Gasteiger partial charge in [0.25, 0.3) is 11.8 Å². The Morgan fingerprint density at radius 2 is 1.75 bits per heavy atom. The lowest BCUT2D eigenvalue weighted by Gasteiger charge is -2.36. The fraction of sp³-hybridized carbons (Fsp3) is 0.326. The number of halogens is 1. The lowest BCUT2D eigenvalue weighted by atomic mass is 10.0. The third-order valence-electron chi connectivity index (χ3n) is 10.7. The molecule has 2 saturated heterocycles. The van der Waals surface area contributed by atoms with Gasteiger partial charge in [-0.2, -0.15) is 5.10 Å². The summed E-state index contributed by atoms with van der Waals surface area (Å²) in [5, 5.41) is 27.1. The summed E-state index contributed by atoms with van der Waals surface area (Å²) in [6.45, 7) is 3.09. The number of para-hydroxylation sites is 1. The summed E-state index contributed by atoms with van der Waals surface area (Å²) in [4.78, 5) is 50.6. The molecule has 19 nitrogen and oxygen atoms in total. The molecular weight excluding hydrogens is 808 g/mol. The van der Waals surface area contributed by atoms with Crippen LogP contribution in [-0.4, -0.2) is 129 Å². The van der Waals surface area contributed by atoms with Gasteiger partial charge in [0.15, 0.2) is 23.1 Å². The molecule has 8 rings (SSSR count). The van der Waals surface area contributed by atoms with Crippen LogP contribution in [0.3, 0.4) is 0 Å². The molecule has 2 fully saturated rings. The van der Waals surface area contributed by atoms with Gasteiger partial charge in [-0.05, 0) is 55.3 Å². The van der Waals surface area contributed by atoms with Crippen molar-refractivity contribution in [1.29, 1.82) is 0 Å². The predicted octanol–water partition coefficient (Wildman–Crippen LogP) is 4.08. The van der Waals surface area contributed by atoms with Crippen molar-refractivity contribution in [2.45, 2.75) is 18.9 Å². The summed E-state index contributed by atoms with van der Waals surface area (Å²) in [6, 6.07) is 18.8. The molecule has 5 N–H and O–H groups in total. The van der Waals surface area contributed by atoms with E-state index in [0.717, 1.165) is 69.4 Å². The number of nitrogens with zero attached hydrogens (tertiary/aromatic N) is 11. The Hall–Kier alpha value is -7.48. The molecule has 2 aliphatic rings. The number of hydrogen-bond acceptors (Lipinski definition) is 16. The van der Waals surface area contributed by atoms with Crippen molar-refractivity contribution in [3.8, 4) is 17.1 Å². The zero-order chi connectivity index (χ0) is 46.2. The zero-order valence-electron chi connectivity index (χ0n) is 37.8. The molecule has 0 aliphatic carbocycles. The van der Waals surface area contributed by atoms with Gasteiger partial charge < -0.3 is 41.1 Å². The largest absolute Gasteiger partial charge is 0.494 e. The maximum absolute atomic E-state index is 13.9. The summed E-state index contributed by atoms with van der Waals surface area (Å²) in [7, 11) is 3.22. The van der Waals surface area contributed by atoms with Crippen molar-refractivity contribution in [2.24, 2.45) is 7.05 Å². The first-order valence-corrected chi connectivity index (χ1v) is 20.5. The number of ether oxygens (including phenoxy) is 1. The number of methoxy groups -OCH3 is 1. The Bertz CT molecular complexity index is 2650. The van der Waals surface area contributed by atoms with Crippen molar-refractivity contribution in [1.82, 2.24) is 55.4 Å². The van der Waals surface area contributed by atoms with Gasteiger partial charge in [0.05, 0.1) is 29.6 Å². The number of carbonyl (C=O) groups excluding carboxylic acids is 2. The van der Waals surface area contributed by atoms with Crippen molar-refractivity contribution >= 4 is 52.1 Å². The normalized spacial score (nSPS) is 16.3. The molecule has 20 heteroatoms. The van der Waals surface area contributed by atoms with E-state index in [9.17, 15) is 14.0 Å². The van der Waals surface area contributed by atoms with E-state index in [1.165, 1.54) is 25.4 Å². The van der Waals surface area contributed by atoms with Gasteiger partial charge in [0.1, 0.15) is 35.9 Å². The Balaban J connectivity index is 0.829. The fourth-order valence-electron chi connectivity index (χ4n) is 7.59. The van der Waals surface area contributed by atoms with Crippen LogP contribution in [-0.2, 0) is 7.05 Å². The molecule has 0 radical (unpaired) electrons. The van der Waals surface area contributed by atoms with E-state index in [0.29, 0.717) is 47.3 Å². The number of rotatable bonds is 15. The number of hydrogen-bond donors (Lipinski definition) is 5. The first kappa shape index (κ1) is 38.4. The van der Waals surface area contributed by atoms with Gasteiger partial charge in [-0.1, -0.05) is 12.1 Å². The number of piperazine rings is 1. The minimum atomic E-state index is -2.78. The highest BCUT2D eigenvalue weighted by atomic mass is 19.1. The number of pyridine rings is 1. The lowest BCUT2D eigenvalue weighted by molar-refractivity contribution is 0.0943. The molecule has 0 saturated carbocycles. The number of anilines is 7. The topological polar surface area (TPSA) is 208 Å². The summed E-state index contributed by atoms with van der Waals surface area (Å²) in [5.41, 5.74) is 2.04. The van der Waals surface area contributed by atoms with Gasteiger partial charge in [-0.3, -0.25) is 19.2 Å². The van der Waals surface area contributed by atoms with E-state index < -0.39 is 12.9 Å². The molecule has 4 aromatic heterocycles. The van der Waals surface area contributed by atoms with Crippen LogP contribution in [0.5, 0.6) is 5.75 Å². The maximum Gasteiger partial charge on any atom is 0.273 e. The molecule has 6 heterocycles. The van der Waals surface area contributed by atoms with Gasteiger partial charge in [0, 0.05) is 101 Å². The molecule has 2 aliphatic heterocycles. The first-order chi connectivity index (χ1) is 31.9. The third-order valence-corrected chi connectivity index (χ3v) is 10.7. The molecule has 0 unspecified atom stereocenters. The smallest absolute Gasteiger partial charge is 0.273 e. The maximum atomic E-state index is 13.9. The zero-order valence-corrected chi connectivity index (χ0v) is 34.8. The van der Waals surface area contributed by atoms with Crippen molar-refractivity contribution < 1.29 is 22.8 Å². The average molecular weight is 860 g/mol. The average Bonchev–Trinajstić information content (AvgIpc) is 3.75. The monoisotopic (exact) mass is 859 g/mol. The number of aryl methyl sites for hydroxylation is 1. The van der Waals surface area contributed by atoms with Crippen LogP contribution >= 0.6 is 0 Å². The van der Waals surface area contributed by atoms with E-state index in [2.05, 4.69) is 71.2 Å². The van der Waals surface area contributed by atoms with Crippen LogP contribution in [0.4, 0.5) is 44.7 Å². The van der Waals surface area contributed by atoms with E-state index in [1.54, 1.807) is 66.8 Å². The summed E-state index contributed by atoms with van der Waals surface area (Å²) >= 11 is 0. The highest BCUT2D eigenvalue weighted by Gasteiger charge is 2.24. The predicted molar refractivity (Wildman–Crippen MR) is 237 cm³/mol.